The van der Waals surface area contributed by atoms with Gasteiger partial charge in [0, 0.05) is 12.2 Å². The molecule has 102 valence electrons. The first-order valence-corrected chi connectivity index (χ1v) is 6.81. The number of hydrogen-bond acceptors (Lipinski definition) is 2. The van der Waals surface area contributed by atoms with Crippen LogP contribution in [0, 0.1) is 0 Å². The Balaban J connectivity index is 1.57. The van der Waals surface area contributed by atoms with Gasteiger partial charge in [-0.25, -0.2) is 0 Å². The zero-order chi connectivity index (χ0) is 13.8. The smallest absolute Gasteiger partial charge is 0.271 e. The van der Waals surface area contributed by atoms with Crippen molar-refractivity contribution in [2.45, 2.75) is 12.8 Å². The van der Waals surface area contributed by atoms with Gasteiger partial charge in [0.05, 0.1) is 10.9 Å². The number of rotatable bonds is 5. The summed E-state index contributed by atoms with van der Waals surface area (Å²) in [6.07, 6.45) is 2.12. The third kappa shape index (κ3) is 2.74. The second kappa shape index (κ2) is 5.65. The van der Waals surface area contributed by atoms with Crippen LogP contribution in [-0.4, -0.2) is 16.7 Å². The zero-order valence-electron chi connectivity index (χ0n) is 11.1. The molecule has 4 nitrogen and oxygen atoms in total. The maximum Gasteiger partial charge on any atom is 0.271 e. The Hall–Kier alpha value is -2.49. The largest absolute Gasteiger partial charge is 0.385 e. The van der Waals surface area contributed by atoms with Crippen LogP contribution >= 0.6 is 0 Å². The van der Waals surface area contributed by atoms with Gasteiger partial charge in [0.25, 0.3) is 5.56 Å². The summed E-state index contributed by atoms with van der Waals surface area (Å²) in [5.41, 5.74) is 3.10. The molecule has 20 heavy (non-hydrogen) atoms. The van der Waals surface area contributed by atoms with Crippen LogP contribution in [0.4, 0.5) is 5.69 Å². The number of aromatic amines is 2. The van der Waals surface area contributed by atoms with Crippen LogP contribution < -0.4 is 10.9 Å². The van der Waals surface area contributed by atoms with E-state index in [2.05, 4.69) is 39.8 Å². The van der Waals surface area contributed by atoms with Crippen molar-refractivity contribution in [3.63, 3.8) is 0 Å². The van der Waals surface area contributed by atoms with E-state index in [-0.39, 0.29) is 5.56 Å². The molecular weight excluding hydrogens is 250 g/mol. The minimum absolute atomic E-state index is 0.0760. The second-order valence-corrected chi connectivity index (χ2v) is 4.86. The van der Waals surface area contributed by atoms with Crippen LogP contribution in [0.15, 0.2) is 53.3 Å². The summed E-state index contributed by atoms with van der Waals surface area (Å²) in [4.78, 5) is 11.5. The number of benzene rings is 2. The SMILES string of the molecule is O=c1[nH][nH]c2ccc(NCCCc3ccccc3)cc12. The minimum Gasteiger partial charge on any atom is -0.385 e. The van der Waals surface area contributed by atoms with Gasteiger partial charge in [0.2, 0.25) is 0 Å². The standard InChI is InChI=1S/C16H17N3O/c20-16-14-11-13(8-9-15(14)18-19-16)17-10-4-7-12-5-2-1-3-6-12/h1-3,5-6,8-9,11,17H,4,7,10H2,(H2,18,19,20). The first-order valence-electron chi connectivity index (χ1n) is 6.81. The lowest BCUT2D eigenvalue weighted by Gasteiger charge is -2.06. The summed E-state index contributed by atoms with van der Waals surface area (Å²) in [6, 6.07) is 16.2. The zero-order valence-corrected chi connectivity index (χ0v) is 11.1. The van der Waals surface area contributed by atoms with Gasteiger partial charge in [-0.3, -0.25) is 15.0 Å². The Morgan fingerprint density at radius 3 is 2.70 bits per heavy atom. The Kier molecular flexibility index (Phi) is 3.54. The van der Waals surface area contributed by atoms with Gasteiger partial charge in [0.15, 0.2) is 0 Å². The molecule has 1 aromatic heterocycles. The lowest BCUT2D eigenvalue weighted by atomic mass is 10.1. The van der Waals surface area contributed by atoms with Crippen LogP contribution in [0.3, 0.4) is 0 Å². The third-order valence-electron chi connectivity index (χ3n) is 3.39. The van der Waals surface area contributed by atoms with Gasteiger partial charge < -0.3 is 5.32 Å². The van der Waals surface area contributed by atoms with Crippen LogP contribution in [0.1, 0.15) is 12.0 Å². The number of fused-ring (bicyclic) bond motifs is 1. The van der Waals surface area contributed by atoms with Gasteiger partial charge in [-0.15, -0.1) is 0 Å². The van der Waals surface area contributed by atoms with Crippen LogP contribution in [0.2, 0.25) is 0 Å². The molecule has 3 rings (SSSR count). The number of nitrogens with one attached hydrogen (secondary N) is 3. The fourth-order valence-electron chi connectivity index (χ4n) is 2.31. The molecule has 0 saturated heterocycles. The molecule has 3 N–H and O–H groups in total. The molecule has 0 bridgehead atoms. The molecule has 4 heteroatoms. The van der Waals surface area contributed by atoms with E-state index in [1.54, 1.807) is 0 Å². The van der Waals surface area contributed by atoms with Crippen molar-refractivity contribution in [3.8, 4) is 0 Å². The topological polar surface area (TPSA) is 60.7 Å². The summed E-state index contributed by atoms with van der Waals surface area (Å²) in [6.45, 7) is 0.892. The Morgan fingerprint density at radius 2 is 1.85 bits per heavy atom. The predicted molar refractivity (Wildman–Crippen MR) is 82.2 cm³/mol. The Morgan fingerprint density at radius 1 is 1.00 bits per heavy atom. The van der Waals surface area contributed by atoms with E-state index in [4.69, 9.17) is 0 Å². The molecule has 0 unspecified atom stereocenters. The normalized spacial score (nSPS) is 10.8. The van der Waals surface area contributed by atoms with Gasteiger partial charge >= 0.3 is 0 Å². The first kappa shape index (κ1) is 12.5. The molecular formula is C16H17N3O. The van der Waals surface area contributed by atoms with E-state index in [0.717, 1.165) is 30.6 Å². The highest BCUT2D eigenvalue weighted by atomic mass is 16.1. The van der Waals surface area contributed by atoms with Crippen LogP contribution in [0.5, 0.6) is 0 Å². The molecule has 0 aliphatic heterocycles. The molecule has 3 aromatic rings. The highest BCUT2D eigenvalue weighted by Crippen LogP contribution is 2.14. The monoisotopic (exact) mass is 267 g/mol. The number of aromatic nitrogens is 2. The van der Waals surface area contributed by atoms with Gasteiger partial charge in [-0.2, -0.15) is 0 Å². The van der Waals surface area contributed by atoms with E-state index < -0.39 is 0 Å². The van der Waals surface area contributed by atoms with E-state index >= 15 is 0 Å². The molecule has 0 atom stereocenters. The number of anilines is 1. The quantitative estimate of drug-likeness (QED) is 0.622. The summed E-state index contributed by atoms with van der Waals surface area (Å²) in [5, 5.41) is 9.47. The molecule has 1 heterocycles. The average molecular weight is 267 g/mol. The maximum absolute atomic E-state index is 11.5. The second-order valence-electron chi connectivity index (χ2n) is 4.86. The van der Waals surface area contributed by atoms with Crippen molar-refractivity contribution in [1.82, 2.24) is 10.2 Å². The van der Waals surface area contributed by atoms with Crippen molar-refractivity contribution in [1.29, 1.82) is 0 Å². The first-order chi connectivity index (χ1) is 9.83. The maximum atomic E-state index is 11.5. The minimum atomic E-state index is -0.0760. The van der Waals surface area contributed by atoms with E-state index in [1.165, 1.54) is 5.56 Å². The summed E-state index contributed by atoms with van der Waals surface area (Å²) in [5.74, 6) is 0. The van der Waals surface area contributed by atoms with Crippen LogP contribution in [-0.2, 0) is 6.42 Å². The molecule has 2 aromatic carbocycles. The Labute approximate surface area is 116 Å². The van der Waals surface area contributed by atoms with Gasteiger partial charge in [-0.05, 0) is 36.6 Å². The van der Waals surface area contributed by atoms with Gasteiger partial charge in [0.1, 0.15) is 0 Å². The number of hydrogen-bond donors (Lipinski definition) is 3. The van der Waals surface area contributed by atoms with Crippen molar-refractivity contribution >= 4 is 16.6 Å². The summed E-state index contributed by atoms with van der Waals surface area (Å²) >= 11 is 0. The lowest BCUT2D eigenvalue weighted by Crippen LogP contribution is -2.03. The molecule has 0 aliphatic carbocycles. The van der Waals surface area contributed by atoms with Crippen molar-refractivity contribution < 1.29 is 0 Å². The van der Waals surface area contributed by atoms with Crippen LogP contribution in [0.25, 0.3) is 10.9 Å². The van der Waals surface area contributed by atoms with Crippen molar-refractivity contribution in [2.24, 2.45) is 0 Å². The molecule has 0 amide bonds. The highest BCUT2D eigenvalue weighted by molar-refractivity contribution is 5.81. The molecule has 0 aliphatic rings. The molecule has 0 spiro atoms. The highest BCUT2D eigenvalue weighted by Gasteiger charge is 2.01. The summed E-state index contributed by atoms with van der Waals surface area (Å²) < 4.78 is 0. The number of H-pyrrole nitrogens is 2. The number of aryl methyl sites for hydroxylation is 1. The fourth-order valence-corrected chi connectivity index (χ4v) is 2.31. The lowest BCUT2D eigenvalue weighted by molar-refractivity contribution is 0.863. The van der Waals surface area contributed by atoms with Crippen molar-refractivity contribution in [2.75, 3.05) is 11.9 Å². The molecule has 0 fully saturated rings. The van der Waals surface area contributed by atoms with E-state index in [9.17, 15) is 4.79 Å². The average Bonchev–Trinajstić information content (AvgIpc) is 2.86. The van der Waals surface area contributed by atoms with Gasteiger partial charge in [-0.1, -0.05) is 30.3 Å². The van der Waals surface area contributed by atoms with Crippen molar-refractivity contribution in [3.05, 3.63) is 64.4 Å². The Bertz CT molecular complexity index is 743. The fraction of sp³-hybridized carbons (Fsp3) is 0.188. The molecule has 0 radical (unpaired) electrons. The van der Waals surface area contributed by atoms with E-state index in [1.807, 2.05) is 24.3 Å². The summed E-state index contributed by atoms with van der Waals surface area (Å²) in [7, 11) is 0. The molecule has 0 saturated carbocycles. The van der Waals surface area contributed by atoms with E-state index in [0.29, 0.717) is 5.39 Å². The predicted octanol–water partition coefficient (Wildman–Crippen LogP) is 2.90. The third-order valence-corrected chi connectivity index (χ3v) is 3.39.